The van der Waals surface area contributed by atoms with Crippen molar-refractivity contribution >= 4 is 18.3 Å². The van der Waals surface area contributed by atoms with Crippen LogP contribution in [-0.4, -0.2) is 35.4 Å². The van der Waals surface area contributed by atoms with E-state index >= 15 is 0 Å². The highest BCUT2D eigenvalue weighted by molar-refractivity contribution is 5.85. The number of amides is 1. The lowest BCUT2D eigenvalue weighted by molar-refractivity contribution is -0.128. The molecule has 1 aromatic rings. The number of hydrogen-bond acceptors (Lipinski definition) is 4. The van der Waals surface area contributed by atoms with Crippen molar-refractivity contribution in [1.29, 1.82) is 0 Å². The molecule has 3 N–H and O–H groups in total. The molecule has 7 heteroatoms. The van der Waals surface area contributed by atoms with Gasteiger partial charge in [0.15, 0.2) is 5.75 Å². The topological polar surface area (TPSA) is 82.2 Å². The Balaban J connectivity index is 0.00000200. The zero-order chi connectivity index (χ0) is 13.9. The van der Waals surface area contributed by atoms with Crippen LogP contribution in [-0.2, 0) is 10.3 Å². The molecular weight excluding hydrogens is 280 g/mol. The van der Waals surface area contributed by atoms with E-state index in [9.17, 15) is 4.79 Å². The fraction of sp³-hybridized carbons (Fsp3) is 0.692. The van der Waals surface area contributed by atoms with Crippen LogP contribution in [0.5, 0.6) is 5.75 Å². The van der Waals surface area contributed by atoms with E-state index in [1.807, 2.05) is 13.8 Å². The molecule has 1 amide bonds. The molecule has 1 aromatic heterocycles. The third-order valence-electron chi connectivity index (χ3n) is 3.32. The van der Waals surface area contributed by atoms with Gasteiger partial charge in [-0.2, -0.15) is 5.10 Å². The molecule has 0 bridgehead atoms. The van der Waals surface area contributed by atoms with Crippen molar-refractivity contribution in [3.05, 3.63) is 12.4 Å². The van der Waals surface area contributed by atoms with E-state index in [-0.39, 0.29) is 18.3 Å². The van der Waals surface area contributed by atoms with Crippen LogP contribution in [0, 0.1) is 5.92 Å². The Morgan fingerprint density at radius 2 is 2.30 bits per heavy atom. The minimum atomic E-state index is -0.723. The van der Waals surface area contributed by atoms with Gasteiger partial charge in [0.05, 0.1) is 12.4 Å². The third kappa shape index (κ3) is 4.11. The normalized spacial score (nSPS) is 14.6. The smallest absolute Gasteiger partial charge is 0.247 e. The Hall–Kier alpha value is -1.27. The summed E-state index contributed by atoms with van der Waals surface area (Å²) in [4.78, 5) is 12.2. The van der Waals surface area contributed by atoms with E-state index in [4.69, 9.17) is 10.5 Å². The predicted molar refractivity (Wildman–Crippen MR) is 79.1 cm³/mol. The number of carbonyl (C=O) groups excluding carboxylic acids is 1. The van der Waals surface area contributed by atoms with Crippen molar-refractivity contribution in [1.82, 2.24) is 15.1 Å². The Bertz CT molecular complexity index is 443. The van der Waals surface area contributed by atoms with Crippen molar-refractivity contribution in [2.75, 3.05) is 19.7 Å². The highest BCUT2D eigenvalue weighted by atomic mass is 35.5. The number of carbonyl (C=O) groups is 1. The molecular formula is C13H23ClN4O2. The first-order valence-electron chi connectivity index (χ1n) is 6.70. The fourth-order valence-electron chi connectivity index (χ4n) is 1.74. The summed E-state index contributed by atoms with van der Waals surface area (Å²) >= 11 is 0. The molecule has 1 heterocycles. The largest absolute Gasteiger partial charge is 0.489 e. The van der Waals surface area contributed by atoms with Crippen molar-refractivity contribution in [3.8, 4) is 5.75 Å². The van der Waals surface area contributed by atoms with Crippen molar-refractivity contribution in [2.24, 2.45) is 11.7 Å². The zero-order valence-electron chi connectivity index (χ0n) is 12.0. The fourth-order valence-corrected chi connectivity index (χ4v) is 1.74. The molecule has 1 fully saturated rings. The molecule has 6 nitrogen and oxygen atoms in total. The molecule has 0 saturated heterocycles. The number of halogens is 1. The average molecular weight is 303 g/mol. The summed E-state index contributed by atoms with van der Waals surface area (Å²) in [5.41, 5.74) is 4.65. The molecule has 0 aliphatic heterocycles. The van der Waals surface area contributed by atoms with Gasteiger partial charge in [0, 0.05) is 13.1 Å². The van der Waals surface area contributed by atoms with Crippen molar-refractivity contribution in [2.45, 2.75) is 32.2 Å². The standard InChI is InChI=1S/C13H22N4O2.ClH/c1-13(2,12(18)15-7-10-3-4-10)17-9-11(8-16-17)19-6-5-14;/h8-10H,3-7,14H2,1-2H3,(H,15,18);1H. The van der Waals surface area contributed by atoms with Gasteiger partial charge in [-0.15, -0.1) is 12.4 Å². The molecule has 1 aliphatic carbocycles. The molecule has 1 saturated carbocycles. The van der Waals surface area contributed by atoms with Crippen LogP contribution in [0.1, 0.15) is 26.7 Å². The van der Waals surface area contributed by atoms with Gasteiger partial charge in [-0.3, -0.25) is 9.48 Å². The highest BCUT2D eigenvalue weighted by Gasteiger charge is 2.32. The quantitative estimate of drug-likeness (QED) is 0.784. The number of nitrogens with one attached hydrogen (secondary N) is 1. The third-order valence-corrected chi connectivity index (χ3v) is 3.32. The molecule has 0 radical (unpaired) electrons. The molecule has 2 rings (SSSR count). The number of nitrogens with two attached hydrogens (primary N) is 1. The number of ether oxygens (including phenoxy) is 1. The minimum Gasteiger partial charge on any atom is -0.489 e. The lowest BCUT2D eigenvalue weighted by atomic mass is 10.1. The molecule has 0 atom stereocenters. The van der Waals surface area contributed by atoms with Crippen LogP contribution >= 0.6 is 12.4 Å². The SMILES string of the molecule is CC(C)(C(=O)NCC1CC1)n1cc(OCCN)cn1.Cl. The van der Waals surface area contributed by atoms with E-state index in [0.29, 0.717) is 24.8 Å². The van der Waals surface area contributed by atoms with Crippen molar-refractivity contribution in [3.63, 3.8) is 0 Å². The zero-order valence-corrected chi connectivity index (χ0v) is 12.8. The second-order valence-electron chi connectivity index (χ2n) is 5.47. The second-order valence-corrected chi connectivity index (χ2v) is 5.47. The van der Waals surface area contributed by atoms with E-state index in [1.165, 1.54) is 12.8 Å². The van der Waals surface area contributed by atoms with E-state index in [1.54, 1.807) is 17.1 Å². The number of nitrogens with zero attached hydrogens (tertiary/aromatic N) is 2. The summed E-state index contributed by atoms with van der Waals surface area (Å²) < 4.78 is 7.00. The average Bonchev–Trinajstić information content (AvgIpc) is 3.09. The van der Waals surface area contributed by atoms with Gasteiger partial charge < -0.3 is 15.8 Å². The van der Waals surface area contributed by atoms with Crippen molar-refractivity contribution < 1.29 is 9.53 Å². The maximum atomic E-state index is 12.2. The summed E-state index contributed by atoms with van der Waals surface area (Å²) in [6, 6.07) is 0. The number of rotatable bonds is 7. The Kier molecular flexibility index (Phi) is 5.83. The van der Waals surface area contributed by atoms with Gasteiger partial charge in [-0.1, -0.05) is 0 Å². The Labute approximate surface area is 125 Å². The van der Waals surface area contributed by atoms with Crippen LogP contribution < -0.4 is 15.8 Å². The molecule has 0 unspecified atom stereocenters. The maximum Gasteiger partial charge on any atom is 0.247 e. The molecule has 114 valence electrons. The number of aromatic nitrogens is 2. The molecule has 0 spiro atoms. The first-order valence-corrected chi connectivity index (χ1v) is 6.70. The van der Waals surface area contributed by atoms with Gasteiger partial charge >= 0.3 is 0 Å². The maximum absolute atomic E-state index is 12.2. The lowest BCUT2D eigenvalue weighted by Gasteiger charge is -2.24. The van der Waals surface area contributed by atoms with Crippen LogP contribution in [0.4, 0.5) is 0 Å². The van der Waals surface area contributed by atoms with Crippen LogP contribution in [0.2, 0.25) is 0 Å². The van der Waals surface area contributed by atoms with E-state index in [2.05, 4.69) is 10.4 Å². The lowest BCUT2D eigenvalue weighted by Crippen LogP contribution is -2.45. The summed E-state index contributed by atoms with van der Waals surface area (Å²) in [6.45, 7) is 5.35. The summed E-state index contributed by atoms with van der Waals surface area (Å²) in [6.07, 6.45) is 5.77. The van der Waals surface area contributed by atoms with Gasteiger partial charge in [0.25, 0.3) is 0 Å². The second kappa shape index (κ2) is 6.95. The van der Waals surface area contributed by atoms with Gasteiger partial charge in [-0.25, -0.2) is 0 Å². The summed E-state index contributed by atoms with van der Waals surface area (Å²) in [5, 5.41) is 7.17. The minimum absolute atomic E-state index is 0. The van der Waals surface area contributed by atoms with Crippen LogP contribution in [0.3, 0.4) is 0 Å². The van der Waals surface area contributed by atoms with Gasteiger partial charge in [0.2, 0.25) is 5.91 Å². The van der Waals surface area contributed by atoms with E-state index < -0.39 is 5.54 Å². The Morgan fingerprint density at radius 1 is 1.60 bits per heavy atom. The van der Waals surface area contributed by atoms with E-state index in [0.717, 1.165) is 6.54 Å². The molecule has 1 aliphatic rings. The molecule has 0 aromatic carbocycles. The predicted octanol–water partition coefficient (Wildman–Crippen LogP) is 0.904. The molecule has 20 heavy (non-hydrogen) atoms. The summed E-state index contributed by atoms with van der Waals surface area (Å²) in [7, 11) is 0. The highest BCUT2D eigenvalue weighted by Crippen LogP contribution is 2.28. The first kappa shape index (κ1) is 16.8. The monoisotopic (exact) mass is 302 g/mol. The van der Waals surface area contributed by atoms with Crippen LogP contribution in [0.25, 0.3) is 0 Å². The van der Waals surface area contributed by atoms with Gasteiger partial charge in [0.1, 0.15) is 12.1 Å². The summed E-state index contributed by atoms with van der Waals surface area (Å²) in [5.74, 6) is 1.28. The van der Waals surface area contributed by atoms with Crippen LogP contribution in [0.15, 0.2) is 12.4 Å². The number of hydrogen-bond donors (Lipinski definition) is 2. The van der Waals surface area contributed by atoms with Gasteiger partial charge in [-0.05, 0) is 32.6 Å². The first-order chi connectivity index (χ1) is 9.04. The Morgan fingerprint density at radius 3 is 2.90 bits per heavy atom.